The zero-order valence-electron chi connectivity index (χ0n) is 12.7. The molecule has 1 aliphatic heterocycles. The summed E-state index contributed by atoms with van der Waals surface area (Å²) in [7, 11) is 2.19. The molecular weight excluding hydrogens is 234 g/mol. The Morgan fingerprint density at radius 2 is 1.58 bits per heavy atom. The van der Waals surface area contributed by atoms with Crippen LogP contribution in [0.25, 0.3) is 0 Å². The van der Waals surface area contributed by atoms with Crippen molar-refractivity contribution in [2.45, 2.75) is 26.8 Å². The van der Waals surface area contributed by atoms with Crippen LogP contribution in [0.3, 0.4) is 0 Å². The number of nitrogens with zero attached hydrogens (tertiary/aromatic N) is 2. The lowest BCUT2D eigenvalue weighted by Gasteiger charge is -2.34. The number of benzene rings is 1. The zero-order valence-corrected chi connectivity index (χ0v) is 12.7. The van der Waals surface area contributed by atoms with E-state index < -0.39 is 0 Å². The van der Waals surface area contributed by atoms with Crippen molar-refractivity contribution in [2.24, 2.45) is 5.73 Å². The third kappa shape index (κ3) is 3.56. The van der Waals surface area contributed by atoms with Gasteiger partial charge in [0.2, 0.25) is 0 Å². The molecule has 1 fully saturated rings. The minimum atomic E-state index is 0.128. The summed E-state index contributed by atoms with van der Waals surface area (Å²) in [6, 6.07) is 4.66. The van der Waals surface area contributed by atoms with Gasteiger partial charge in [-0.3, -0.25) is 4.90 Å². The number of hydrogen-bond acceptors (Lipinski definition) is 3. The number of hydrogen-bond donors (Lipinski definition) is 1. The van der Waals surface area contributed by atoms with Crippen molar-refractivity contribution in [3.63, 3.8) is 0 Å². The molecule has 1 aliphatic rings. The third-order valence-corrected chi connectivity index (χ3v) is 4.33. The first kappa shape index (κ1) is 14.5. The van der Waals surface area contributed by atoms with Crippen LogP contribution in [0.1, 0.15) is 28.3 Å². The van der Waals surface area contributed by atoms with E-state index >= 15 is 0 Å². The first-order chi connectivity index (χ1) is 8.97. The van der Waals surface area contributed by atoms with Gasteiger partial charge in [0.1, 0.15) is 0 Å². The quantitative estimate of drug-likeness (QED) is 0.901. The molecule has 1 unspecified atom stereocenters. The van der Waals surface area contributed by atoms with E-state index in [-0.39, 0.29) is 6.04 Å². The molecule has 2 rings (SSSR count). The van der Waals surface area contributed by atoms with Gasteiger partial charge in [0.15, 0.2) is 0 Å². The molecule has 0 aromatic heterocycles. The average molecular weight is 261 g/mol. The second-order valence-electron chi connectivity index (χ2n) is 6.00. The first-order valence-electron chi connectivity index (χ1n) is 7.21. The molecule has 3 heteroatoms. The van der Waals surface area contributed by atoms with Gasteiger partial charge in [0.05, 0.1) is 0 Å². The Hall–Kier alpha value is -0.900. The maximum absolute atomic E-state index is 6.43. The van der Waals surface area contributed by atoms with Crippen LogP contribution in [0.4, 0.5) is 0 Å². The zero-order chi connectivity index (χ0) is 14.0. The molecule has 3 nitrogen and oxygen atoms in total. The van der Waals surface area contributed by atoms with Gasteiger partial charge < -0.3 is 10.6 Å². The Balaban J connectivity index is 2.03. The van der Waals surface area contributed by atoms with Crippen LogP contribution in [0.5, 0.6) is 0 Å². The standard InChI is InChI=1S/C16H27N3/c1-12-9-14(3)15(10-13(12)2)16(17)11-19-7-5-18(4)6-8-19/h9-10,16H,5-8,11,17H2,1-4H3. The predicted molar refractivity (Wildman–Crippen MR) is 81.5 cm³/mol. The van der Waals surface area contributed by atoms with E-state index in [0.717, 1.165) is 32.7 Å². The molecule has 0 saturated carbocycles. The van der Waals surface area contributed by atoms with Gasteiger partial charge in [-0.2, -0.15) is 0 Å². The molecule has 1 heterocycles. The molecular formula is C16H27N3. The van der Waals surface area contributed by atoms with Crippen LogP contribution in [-0.2, 0) is 0 Å². The van der Waals surface area contributed by atoms with Crippen LogP contribution >= 0.6 is 0 Å². The van der Waals surface area contributed by atoms with Gasteiger partial charge in [0.25, 0.3) is 0 Å². The highest BCUT2D eigenvalue weighted by molar-refractivity contribution is 5.38. The predicted octanol–water partition coefficient (Wildman–Crippen LogP) is 1.86. The summed E-state index contributed by atoms with van der Waals surface area (Å²) in [5.41, 5.74) is 11.8. The number of aryl methyl sites for hydroxylation is 3. The topological polar surface area (TPSA) is 32.5 Å². The van der Waals surface area contributed by atoms with Crippen LogP contribution in [-0.4, -0.2) is 49.6 Å². The molecule has 0 spiro atoms. The average Bonchev–Trinajstić information content (AvgIpc) is 2.36. The fourth-order valence-corrected chi connectivity index (χ4v) is 2.79. The van der Waals surface area contributed by atoms with Crippen LogP contribution in [0.15, 0.2) is 12.1 Å². The maximum Gasteiger partial charge on any atom is 0.0427 e. The normalized spacial score (nSPS) is 19.6. The van der Waals surface area contributed by atoms with E-state index in [2.05, 4.69) is 49.8 Å². The highest BCUT2D eigenvalue weighted by Crippen LogP contribution is 2.21. The minimum absolute atomic E-state index is 0.128. The first-order valence-corrected chi connectivity index (χ1v) is 7.21. The molecule has 0 radical (unpaired) electrons. The van der Waals surface area contributed by atoms with E-state index in [4.69, 9.17) is 5.73 Å². The summed E-state index contributed by atoms with van der Waals surface area (Å²) < 4.78 is 0. The Morgan fingerprint density at radius 1 is 1.00 bits per heavy atom. The molecule has 1 saturated heterocycles. The van der Waals surface area contributed by atoms with Crippen LogP contribution < -0.4 is 5.73 Å². The third-order valence-electron chi connectivity index (χ3n) is 4.33. The molecule has 1 aromatic carbocycles. The van der Waals surface area contributed by atoms with Gasteiger partial charge in [-0.15, -0.1) is 0 Å². The van der Waals surface area contributed by atoms with E-state index in [9.17, 15) is 0 Å². The largest absolute Gasteiger partial charge is 0.323 e. The minimum Gasteiger partial charge on any atom is -0.323 e. The van der Waals surface area contributed by atoms with E-state index in [0.29, 0.717) is 0 Å². The molecule has 2 N–H and O–H groups in total. The highest BCUT2D eigenvalue weighted by Gasteiger charge is 2.18. The van der Waals surface area contributed by atoms with Gasteiger partial charge in [-0.25, -0.2) is 0 Å². The van der Waals surface area contributed by atoms with E-state index in [1.54, 1.807) is 0 Å². The van der Waals surface area contributed by atoms with Gasteiger partial charge in [0, 0.05) is 38.8 Å². The second-order valence-corrected chi connectivity index (χ2v) is 6.00. The van der Waals surface area contributed by atoms with Crippen molar-refractivity contribution >= 4 is 0 Å². The van der Waals surface area contributed by atoms with Crippen molar-refractivity contribution in [1.82, 2.24) is 9.80 Å². The smallest absolute Gasteiger partial charge is 0.0427 e. The number of rotatable bonds is 3. The van der Waals surface area contributed by atoms with Crippen molar-refractivity contribution in [3.05, 3.63) is 34.4 Å². The Morgan fingerprint density at radius 3 is 2.21 bits per heavy atom. The van der Waals surface area contributed by atoms with E-state index in [1.165, 1.54) is 22.3 Å². The van der Waals surface area contributed by atoms with Gasteiger partial charge >= 0.3 is 0 Å². The summed E-state index contributed by atoms with van der Waals surface area (Å²) in [5, 5.41) is 0. The fourth-order valence-electron chi connectivity index (χ4n) is 2.79. The highest BCUT2D eigenvalue weighted by atomic mass is 15.2. The molecule has 19 heavy (non-hydrogen) atoms. The molecule has 0 amide bonds. The molecule has 1 atom stereocenters. The van der Waals surface area contributed by atoms with Crippen LogP contribution in [0.2, 0.25) is 0 Å². The van der Waals surface area contributed by atoms with Gasteiger partial charge in [-0.05, 0) is 50.1 Å². The summed E-state index contributed by atoms with van der Waals surface area (Å²) >= 11 is 0. The molecule has 0 bridgehead atoms. The van der Waals surface area contributed by atoms with Crippen molar-refractivity contribution in [3.8, 4) is 0 Å². The Kier molecular flexibility index (Phi) is 4.61. The van der Waals surface area contributed by atoms with E-state index in [1.807, 2.05) is 0 Å². The molecule has 1 aromatic rings. The lowest BCUT2D eigenvalue weighted by Crippen LogP contribution is -2.46. The molecule has 106 valence electrons. The fraction of sp³-hybridized carbons (Fsp3) is 0.625. The molecule has 0 aliphatic carbocycles. The number of piperazine rings is 1. The van der Waals surface area contributed by atoms with Crippen molar-refractivity contribution in [2.75, 3.05) is 39.8 Å². The van der Waals surface area contributed by atoms with Gasteiger partial charge in [-0.1, -0.05) is 12.1 Å². The Bertz CT molecular complexity index is 434. The maximum atomic E-state index is 6.43. The second kappa shape index (κ2) is 6.04. The van der Waals surface area contributed by atoms with Crippen LogP contribution in [0, 0.1) is 20.8 Å². The monoisotopic (exact) mass is 261 g/mol. The summed E-state index contributed by atoms with van der Waals surface area (Å²) in [5.74, 6) is 0. The lowest BCUT2D eigenvalue weighted by atomic mass is 9.96. The summed E-state index contributed by atoms with van der Waals surface area (Å²) in [6.45, 7) is 12.0. The lowest BCUT2D eigenvalue weighted by molar-refractivity contribution is 0.147. The summed E-state index contributed by atoms with van der Waals surface area (Å²) in [6.07, 6.45) is 0. The van der Waals surface area contributed by atoms with Crippen molar-refractivity contribution in [1.29, 1.82) is 0 Å². The Labute approximate surface area is 117 Å². The SMILES string of the molecule is Cc1cc(C)c(C(N)CN2CCN(C)CC2)cc1C. The number of nitrogens with two attached hydrogens (primary N) is 1. The summed E-state index contributed by atoms with van der Waals surface area (Å²) in [4.78, 5) is 4.86. The number of likely N-dealkylation sites (N-methyl/N-ethyl adjacent to an activating group) is 1. The van der Waals surface area contributed by atoms with Crippen molar-refractivity contribution < 1.29 is 0 Å².